The summed E-state index contributed by atoms with van der Waals surface area (Å²) in [6.45, 7) is 4.27. The van der Waals surface area contributed by atoms with Gasteiger partial charge < -0.3 is 27.9 Å². The molecule has 0 radical (unpaired) electrons. The molecule has 0 bridgehead atoms. The molecular weight excluding hydrogens is 918 g/mol. The van der Waals surface area contributed by atoms with Crippen LogP contribution in [0.2, 0.25) is 0 Å². The van der Waals surface area contributed by atoms with Crippen molar-refractivity contribution in [3.05, 3.63) is 24.3 Å². The molecule has 0 fully saturated rings. The molecule has 72 heavy (non-hydrogen) atoms. The van der Waals surface area contributed by atoms with E-state index in [4.69, 9.17) is 18.5 Å². The van der Waals surface area contributed by atoms with Gasteiger partial charge in [0.2, 0.25) is 0 Å². The number of carbonyl (C=O) groups excluding carboxylic acids is 2. The lowest BCUT2D eigenvalue weighted by Gasteiger charge is -2.28. The van der Waals surface area contributed by atoms with Crippen LogP contribution in [0.4, 0.5) is 0 Å². The van der Waals surface area contributed by atoms with E-state index in [1.165, 1.54) is 225 Å². The molecule has 0 spiro atoms. The summed E-state index contributed by atoms with van der Waals surface area (Å²) in [4.78, 5) is 37.8. The predicted molar refractivity (Wildman–Crippen MR) is 305 cm³/mol. The Kier molecular flexibility index (Phi) is 53.1. The topological polar surface area (TPSA) is 111 Å². The molecule has 0 saturated heterocycles. The Morgan fingerprint density at radius 1 is 0.417 bits per heavy atom. The summed E-state index contributed by atoms with van der Waals surface area (Å²) >= 11 is 0. The summed E-state index contributed by atoms with van der Waals surface area (Å²) in [6.07, 6.45) is 65.4. The molecule has 0 aromatic heterocycles. The van der Waals surface area contributed by atoms with Crippen LogP contribution in [0.25, 0.3) is 0 Å². The second-order valence-electron chi connectivity index (χ2n) is 22.4. The molecular formula is C62H120NO8P. The number of phosphoric ester groups is 1. The molecule has 0 amide bonds. The van der Waals surface area contributed by atoms with Crippen LogP contribution in [0, 0.1) is 0 Å². The number of ether oxygens (including phenoxy) is 2. The van der Waals surface area contributed by atoms with Gasteiger partial charge in [0.1, 0.15) is 19.8 Å². The molecule has 0 aliphatic heterocycles. The summed E-state index contributed by atoms with van der Waals surface area (Å²) in [5.41, 5.74) is 0. The zero-order chi connectivity index (χ0) is 52.7. The van der Waals surface area contributed by atoms with Crippen LogP contribution >= 0.6 is 7.82 Å². The molecule has 0 aliphatic rings. The van der Waals surface area contributed by atoms with Gasteiger partial charge in [-0.3, -0.25) is 14.2 Å². The lowest BCUT2D eigenvalue weighted by atomic mass is 10.0. The fourth-order valence-electron chi connectivity index (χ4n) is 9.12. The number of unbranched alkanes of at least 4 members (excludes halogenated alkanes) is 40. The Hall–Kier alpha value is -1.51. The number of rotatable bonds is 58. The molecule has 0 aromatic carbocycles. The van der Waals surface area contributed by atoms with Crippen LogP contribution in [0.15, 0.2) is 24.3 Å². The van der Waals surface area contributed by atoms with Crippen molar-refractivity contribution in [1.82, 2.24) is 0 Å². The molecule has 0 aliphatic carbocycles. The van der Waals surface area contributed by atoms with Crippen molar-refractivity contribution in [3.8, 4) is 0 Å². The Morgan fingerprint density at radius 3 is 1.03 bits per heavy atom. The quantitative estimate of drug-likeness (QED) is 0.0195. The summed E-state index contributed by atoms with van der Waals surface area (Å²) in [5, 5.41) is 0. The molecule has 0 N–H and O–H groups in total. The first kappa shape index (κ1) is 70.5. The lowest BCUT2D eigenvalue weighted by Crippen LogP contribution is -2.37. The molecule has 0 rings (SSSR count). The third kappa shape index (κ3) is 57.8. The minimum Gasteiger partial charge on any atom is -0.756 e. The van der Waals surface area contributed by atoms with Crippen molar-refractivity contribution in [2.75, 3.05) is 47.5 Å². The van der Waals surface area contributed by atoms with Crippen molar-refractivity contribution in [2.45, 2.75) is 315 Å². The number of carbonyl (C=O) groups is 2. The summed E-state index contributed by atoms with van der Waals surface area (Å²) < 4.78 is 34.2. The van der Waals surface area contributed by atoms with Crippen molar-refractivity contribution < 1.29 is 42.1 Å². The number of likely N-dealkylation sites (N-methyl/N-ethyl adjacent to an activating group) is 1. The van der Waals surface area contributed by atoms with E-state index >= 15 is 0 Å². The normalized spacial score (nSPS) is 13.4. The highest BCUT2D eigenvalue weighted by Gasteiger charge is 2.22. The summed E-state index contributed by atoms with van der Waals surface area (Å²) in [6, 6.07) is 0. The highest BCUT2D eigenvalue weighted by molar-refractivity contribution is 7.45. The van der Waals surface area contributed by atoms with Crippen LogP contribution in [-0.4, -0.2) is 70.0 Å². The molecule has 0 saturated carbocycles. The van der Waals surface area contributed by atoms with Crippen LogP contribution in [0.5, 0.6) is 0 Å². The van der Waals surface area contributed by atoms with E-state index in [-0.39, 0.29) is 32.0 Å². The molecule has 0 aromatic rings. The highest BCUT2D eigenvalue weighted by atomic mass is 31.2. The summed E-state index contributed by atoms with van der Waals surface area (Å²) in [7, 11) is 1.18. The highest BCUT2D eigenvalue weighted by Crippen LogP contribution is 2.38. The van der Waals surface area contributed by atoms with Gasteiger partial charge in [0, 0.05) is 12.8 Å². The Morgan fingerprint density at radius 2 is 0.708 bits per heavy atom. The zero-order valence-corrected chi connectivity index (χ0v) is 49.3. The van der Waals surface area contributed by atoms with Crippen molar-refractivity contribution in [2.24, 2.45) is 0 Å². The number of phosphoric acid groups is 1. The average Bonchev–Trinajstić information content (AvgIpc) is 3.34. The fraction of sp³-hybridized carbons (Fsp3) is 0.903. The standard InChI is InChI=1S/C62H120NO8P/c1-6-8-10-12-14-16-18-20-22-23-24-25-26-27-28-29-30-31-32-33-34-35-36-37-38-39-41-43-45-47-49-51-53-55-62(65)71-60(59-70-72(66,67)69-57-56-63(3,4)5)58-68-61(64)54-52-50-48-46-44-42-40-21-19-17-15-13-11-9-7-2/h21,23-24,40,60H,6-20,22,25-39,41-59H2,1-5H3/b24-23-,40-21-. The number of hydrogen-bond donors (Lipinski definition) is 0. The van der Waals surface area contributed by atoms with Crippen LogP contribution in [0.3, 0.4) is 0 Å². The first-order valence-electron chi connectivity index (χ1n) is 31.0. The minimum atomic E-state index is -4.63. The number of quaternary nitrogens is 1. The Balaban J connectivity index is 3.98. The van der Waals surface area contributed by atoms with Gasteiger partial charge in [-0.15, -0.1) is 0 Å². The van der Waals surface area contributed by atoms with Crippen LogP contribution < -0.4 is 4.89 Å². The minimum absolute atomic E-state index is 0.0293. The SMILES string of the molecule is CCCCCCCC/C=C\CCCCCCCC(=O)OCC(COP(=O)([O-])OCC[N+](C)(C)C)OC(=O)CCCCCCCCCCCCCCCCCCCCCCC/C=C\CCCCCCCCCC. The summed E-state index contributed by atoms with van der Waals surface area (Å²) in [5.74, 6) is -0.828. The van der Waals surface area contributed by atoms with Crippen molar-refractivity contribution in [1.29, 1.82) is 0 Å². The maximum atomic E-state index is 12.8. The first-order valence-corrected chi connectivity index (χ1v) is 32.5. The predicted octanol–water partition coefficient (Wildman–Crippen LogP) is 18.7. The van der Waals surface area contributed by atoms with Gasteiger partial charge in [-0.25, -0.2) is 0 Å². The van der Waals surface area contributed by atoms with Gasteiger partial charge in [0.15, 0.2) is 6.10 Å². The van der Waals surface area contributed by atoms with Gasteiger partial charge in [0.25, 0.3) is 7.82 Å². The first-order chi connectivity index (χ1) is 35.0. The van der Waals surface area contributed by atoms with Gasteiger partial charge in [-0.1, -0.05) is 256 Å². The van der Waals surface area contributed by atoms with Crippen molar-refractivity contribution >= 4 is 19.8 Å². The van der Waals surface area contributed by atoms with Crippen molar-refractivity contribution in [3.63, 3.8) is 0 Å². The average molecular weight is 1040 g/mol. The van der Waals surface area contributed by atoms with Crippen LogP contribution in [-0.2, 0) is 32.7 Å². The Labute approximate surface area is 447 Å². The maximum absolute atomic E-state index is 12.8. The van der Waals surface area contributed by atoms with E-state index in [9.17, 15) is 19.0 Å². The van der Waals surface area contributed by atoms with Gasteiger partial charge in [0.05, 0.1) is 27.7 Å². The molecule has 10 heteroatoms. The largest absolute Gasteiger partial charge is 0.756 e. The van der Waals surface area contributed by atoms with E-state index < -0.39 is 26.5 Å². The number of hydrogen-bond acceptors (Lipinski definition) is 8. The second-order valence-corrected chi connectivity index (χ2v) is 23.8. The second kappa shape index (κ2) is 54.3. The van der Waals surface area contributed by atoms with E-state index in [0.717, 1.165) is 51.4 Å². The van der Waals surface area contributed by atoms with Gasteiger partial charge in [-0.05, 0) is 64.2 Å². The maximum Gasteiger partial charge on any atom is 0.306 e. The molecule has 2 atom stereocenters. The molecule has 9 nitrogen and oxygen atoms in total. The monoisotopic (exact) mass is 1040 g/mol. The third-order valence-corrected chi connectivity index (χ3v) is 14.9. The van der Waals surface area contributed by atoms with Gasteiger partial charge >= 0.3 is 11.9 Å². The van der Waals surface area contributed by atoms with E-state index in [0.29, 0.717) is 17.4 Å². The third-order valence-electron chi connectivity index (χ3n) is 13.9. The number of esters is 2. The number of nitrogens with zero attached hydrogens (tertiary/aromatic N) is 1. The van der Waals surface area contributed by atoms with E-state index in [2.05, 4.69) is 38.2 Å². The molecule has 2 unspecified atom stereocenters. The zero-order valence-electron chi connectivity index (χ0n) is 48.4. The van der Waals surface area contributed by atoms with E-state index in [1.54, 1.807) is 0 Å². The number of allylic oxidation sites excluding steroid dienone is 4. The van der Waals surface area contributed by atoms with Crippen LogP contribution in [0.1, 0.15) is 309 Å². The smallest absolute Gasteiger partial charge is 0.306 e. The van der Waals surface area contributed by atoms with E-state index in [1.807, 2.05) is 21.1 Å². The molecule has 426 valence electrons. The fourth-order valence-corrected chi connectivity index (χ4v) is 9.85. The molecule has 0 heterocycles. The Bertz CT molecular complexity index is 1270. The van der Waals surface area contributed by atoms with Gasteiger partial charge in [-0.2, -0.15) is 0 Å². The lowest BCUT2D eigenvalue weighted by molar-refractivity contribution is -0.870.